The Bertz CT molecular complexity index is 412. The topological polar surface area (TPSA) is 24.5 Å². The summed E-state index contributed by atoms with van der Waals surface area (Å²) in [5.41, 5.74) is 2.75. The first kappa shape index (κ1) is 12.5. The number of hydrogen-bond acceptors (Lipinski definition) is 3. The van der Waals surface area contributed by atoms with Gasteiger partial charge >= 0.3 is 0 Å². The van der Waals surface area contributed by atoms with Gasteiger partial charge in [0.2, 0.25) is 0 Å². The molecule has 2 aliphatic rings. The molecule has 0 bridgehead atoms. The Balaban J connectivity index is 1.79. The Hall–Kier alpha value is -0.580. The van der Waals surface area contributed by atoms with Crippen LogP contribution in [0.15, 0.2) is 22.7 Å². The van der Waals surface area contributed by atoms with Gasteiger partial charge in [0.25, 0.3) is 0 Å². The maximum absolute atomic E-state index is 5.40. The van der Waals surface area contributed by atoms with Crippen molar-refractivity contribution in [3.8, 4) is 0 Å². The Labute approximate surface area is 117 Å². The summed E-state index contributed by atoms with van der Waals surface area (Å²) in [6.07, 6.45) is 1.25. The van der Waals surface area contributed by atoms with Crippen LogP contribution in [0.5, 0.6) is 0 Å². The molecule has 1 aromatic rings. The van der Waals surface area contributed by atoms with Crippen molar-refractivity contribution in [2.24, 2.45) is 0 Å². The van der Waals surface area contributed by atoms with Crippen LogP contribution in [0.25, 0.3) is 0 Å². The van der Waals surface area contributed by atoms with Crippen LogP contribution in [0.2, 0.25) is 0 Å². The van der Waals surface area contributed by atoms with Gasteiger partial charge in [-0.2, -0.15) is 0 Å². The molecule has 98 valence electrons. The first-order valence-corrected chi connectivity index (χ1v) is 7.47. The van der Waals surface area contributed by atoms with Crippen molar-refractivity contribution >= 4 is 21.6 Å². The lowest BCUT2D eigenvalue weighted by atomic mass is 9.98. The minimum atomic E-state index is 0.681. The molecule has 2 heterocycles. The van der Waals surface area contributed by atoms with Crippen LogP contribution in [-0.2, 0) is 4.74 Å². The molecule has 1 unspecified atom stereocenters. The molecule has 0 spiro atoms. The average molecular weight is 311 g/mol. The summed E-state index contributed by atoms with van der Waals surface area (Å²) in [6.45, 7) is 5.91. The van der Waals surface area contributed by atoms with E-state index in [1.807, 2.05) is 0 Å². The predicted molar refractivity (Wildman–Crippen MR) is 77.4 cm³/mol. The normalized spacial score (nSPS) is 24.5. The first-order valence-electron chi connectivity index (χ1n) is 6.67. The maximum atomic E-state index is 5.40. The van der Waals surface area contributed by atoms with Crippen molar-refractivity contribution in [2.75, 3.05) is 44.3 Å². The van der Waals surface area contributed by atoms with Gasteiger partial charge < -0.3 is 15.0 Å². The molecular weight excluding hydrogens is 292 g/mol. The van der Waals surface area contributed by atoms with Crippen LogP contribution in [0.3, 0.4) is 0 Å². The fraction of sp³-hybridized carbons (Fsp3) is 0.571. The number of anilines is 1. The van der Waals surface area contributed by atoms with Crippen molar-refractivity contribution in [1.29, 1.82) is 0 Å². The molecule has 1 atom stereocenters. The third kappa shape index (κ3) is 2.56. The molecule has 4 heteroatoms. The third-order valence-corrected chi connectivity index (χ3v) is 4.49. The summed E-state index contributed by atoms with van der Waals surface area (Å²) in [4.78, 5) is 2.39. The number of hydrogen-bond donors (Lipinski definition) is 1. The van der Waals surface area contributed by atoms with E-state index in [-0.39, 0.29) is 0 Å². The van der Waals surface area contributed by atoms with Crippen LogP contribution < -0.4 is 10.2 Å². The number of ether oxygens (including phenoxy) is 1. The molecule has 2 fully saturated rings. The smallest absolute Gasteiger partial charge is 0.0642 e. The number of benzene rings is 1. The molecule has 1 N–H and O–H groups in total. The van der Waals surface area contributed by atoms with E-state index in [1.54, 1.807) is 0 Å². The molecule has 2 aliphatic heterocycles. The second-order valence-electron chi connectivity index (χ2n) is 5.00. The molecule has 2 saturated heterocycles. The molecule has 1 aromatic carbocycles. The average Bonchev–Trinajstić information content (AvgIpc) is 2.93. The highest BCUT2D eigenvalue weighted by atomic mass is 79.9. The third-order valence-electron chi connectivity index (χ3n) is 3.86. The minimum Gasteiger partial charge on any atom is -0.378 e. The summed E-state index contributed by atoms with van der Waals surface area (Å²) in [5, 5.41) is 3.43. The second-order valence-corrected chi connectivity index (χ2v) is 5.85. The molecule has 3 rings (SSSR count). The van der Waals surface area contributed by atoms with Gasteiger partial charge in [0.15, 0.2) is 0 Å². The molecule has 0 saturated carbocycles. The van der Waals surface area contributed by atoms with E-state index < -0.39 is 0 Å². The summed E-state index contributed by atoms with van der Waals surface area (Å²) in [7, 11) is 0. The first-order chi connectivity index (χ1) is 8.84. The Kier molecular flexibility index (Phi) is 3.87. The monoisotopic (exact) mass is 310 g/mol. The van der Waals surface area contributed by atoms with Crippen LogP contribution in [-0.4, -0.2) is 39.4 Å². The van der Waals surface area contributed by atoms with Crippen molar-refractivity contribution < 1.29 is 4.74 Å². The molecule has 3 nitrogen and oxygen atoms in total. The highest BCUT2D eigenvalue weighted by Gasteiger charge is 2.19. The highest BCUT2D eigenvalue weighted by Crippen LogP contribution is 2.32. The molecule has 0 radical (unpaired) electrons. The van der Waals surface area contributed by atoms with Gasteiger partial charge in [-0.25, -0.2) is 0 Å². The lowest BCUT2D eigenvalue weighted by molar-refractivity contribution is 0.122. The molecule has 18 heavy (non-hydrogen) atoms. The zero-order valence-electron chi connectivity index (χ0n) is 10.5. The van der Waals surface area contributed by atoms with Gasteiger partial charge in [0.1, 0.15) is 0 Å². The summed E-state index contributed by atoms with van der Waals surface area (Å²) < 4.78 is 6.62. The van der Waals surface area contributed by atoms with Gasteiger partial charge in [-0.15, -0.1) is 0 Å². The molecule has 0 aliphatic carbocycles. The second kappa shape index (κ2) is 5.59. The quantitative estimate of drug-likeness (QED) is 0.907. The van der Waals surface area contributed by atoms with Gasteiger partial charge in [-0.05, 0) is 52.5 Å². The van der Waals surface area contributed by atoms with Crippen LogP contribution in [0.4, 0.5) is 5.69 Å². The number of nitrogens with one attached hydrogen (secondary N) is 1. The predicted octanol–water partition coefficient (Wildman–Crippen LogP) is 2.36. The van der Waals surface area contributed by atoms with Gasteiger partial charge in [-0.3, -0.25) is 0 Å². The van der Waals surface area contributed by atoms with E-state index in [1.165, 1.54) is 22.1 Å². The number of nitrogens with zero attached hydrogens (tertiary/aromatic N) is 1. The van der Waals surface area contributed by atoms with E-state index >= 15 is 0 Å². The highest BCUT2D eigenvalue weighted by molar-refractivity contribution is 9.10. The fourth-order valence-corrected chi connectivity index (χ4v) is 3.42. The fourth-order valence-electron chi connectivity index (χ4n) is 2.78. The van der Waals surface area contributed by atoms with Crippen molar-refractivity contribution in [2.45, 2.75) is 12.3 Å². The molecular formula is C14H19BrN2O. The number of rotatable bonds is 2. The van der Waals surface area contributed by atoms with Crippen LogP contribution in [0.1, 0.15) is 17.9 Å². The van der Waals surface area contributed by atoms with Crippen molar-refractivity contribution in [1.82, 2.24) is 5.32 Å². The number of morpholine rings is 1. The Morgan fingerprint density at radius 3 is 2.78 bits per heavy atom. The van der Waals surface area contributed by atoms with E-state index in [2.05, 4.69) is 44.3 Å². The van der Waals surface area contributed by atoms with Gasteiger partial charge in [-0.1, -0.05) is 6.07 Å². The maximum Gasteiger partial charge on any atom is 0.0642 e. The van der Waals surface area contributed by atoms with E-state index in [0.29, 0.717) is 5.92 Å². The largest absolute Gasteiger partial charge is 0.378 e. The van der Waals surface area contributed by atoms with Crippen molar-refractivity contribution in [3.63, 3.8) is 0 Å². The summed E-state index contributed by atoms with van der Waals surface area (Å²) in [6, 6.07) is 6.83. The van der Waals surface area contributed by atoms with E-state index in [9.17, 15) is 0 Å². The Morgan fingerprint density at radius 2 is 2.11 bits per heavy atom. The standard InChI is InChI=1S/C14H19BrN2O/c15-13-9-11(12-3-4-16-10-12)1-2-14(13)17-5-7-18-8-6-17/h1-2,9,12,16H,3-8,10H2. The lowest BCUT2D eigenvalue weighted by Crippen LogP contribution is -2.36. The van der Waals surface area contributed by atoms with Crippen LogP contribution in [0, 0.1) is 0 Å². The SMILES string of the molecule is Brc1cc(C2CCNC2)ccc1N1CCOCC1. The molecule has 0 amide bonds. The molecule has 0 aromatic heterocycles. The zero-order chi connectivity index (χ0) is 12.4. The zero-order valence-corrected chi connectivity index (χ0v) is 12.1. The van der Waals surface area contributed by atoms with Crippen LogP contribution >= 0.6 is 15.9 Å². The lowest BCUT2D eigenvalue weighted by Gasteiger charge is -2.30. The van der Waals surface area contributed by atoms with E-state index in [0.717, 1.165) is 39.4 Å². The van der Waals surface area contributed by atoms with Gasteiger partial charge in [0.05, 0.1) is 18.9 Å². The van der Waals surface area contributed by atoms with E-state index in [4.69, 9.17) is 4.74 Å². The van der Waals surface area contributed by atoms with Gasteiger partial charge in [0, 0.05) is 24.1 Å². The Morgan fingerprint density at radius 1 is 1.28 bits per heavy atom. The summed E-state index contributed by atoms with van der Waals surface area (Å²) in [5.74, 6) is 0.681. The van der Waals surface area contributed by atoms with Crippen molar-refractivity contribution in [3.05, 3.63) is 28.2 Å². The number of halogens is 1. The minimum absolute atomic E-state index is 0.681. The summed E-state index contributed by atoms with van der Waals surface area (Å²) >= 11 is 3.73.